The van der Waals surface area contributed by atoms with Gasteiger partial charge in [0.25, 0.3) is 5.05 Å². The van der Waals surface area contributed by atoms with Crippen LogP contribution in [-0.2, 0) is 41.7 Å². The minimum Gasteiger partial charge on any atom is -0.418 e. The summed E-state index contributed by atoms with van der Waals surface area (Å²) in [6.45, 7) is 0.232. The second-order valence-electron chi connectivity index (χ2n) is 3.40. The van der Waals surface area contributed by atoms with Crippen molar-refractivity contribution in [3.05, 3.63) is 0 Å². The first-order valence-corrected chi connectivity index (χ1v) is 5.00. The van der Waals surface area contributed by atoms with Crippen LogP contribution in [0.2, 0.25) is 0 Å². The van der Waals surface area contributed by atoms with Crippen molar-refractivity contribution in [2.24, 2.45) is 0 Å². The van der Waals surface area contributed by atoms with Crippen LogP contribution in [0.25, 0.3) is 0 Å². The molecule has 0 saturated carbocycles. The van der Waals surface area contributed by atoms with Crippen molar-refractivity contribution in [1.82, 2.24) is 0 Å². The molecule has 1 rings (SSSR count). The van der Waals surface area contributed by atoms with Gasteiger partial charge in [0.1, 0.15) is 12.2 Å². The Morgan fingerprint density at radius 1 is 1.50 bits per heavy atom. The molecule has 1 fully saturated rings. The Morgan fingerprint density at radius 2 is 2.06 bits per heavy atom. The first-order valence-electron chi connectivity index (χ1n) is 4.60. The predicted octanol–water partition coefficient (Wildman–Crippen LogP) is -2.39. The molecule has 1 radical (unpaired) electrons. The van der Waals surface area contributed by atoms with E-state index < -0.39 is 41.7 Å². The van der Waals surface area contributed by atoms with Crippen LogP contribution in [-0.4, -0.2) is 62.2 Å². The summed E-state index contributed by atoms with van der Waals surface area (Å²) in [4.78, 5) is 19.5. The van der Waals surface area contributed by atoms with E-state index in [1.807, 2.05) is 0 Å². The van der Waals surface area contributed by atoms with Gasteiger partial charge in [-0.15, -0.1) is 4.89 Å². The molecule has 0 aromatic carbocycles. The molecule has 109 valence electrons. The molecule has 10 heteroatoms. The van der Waals surface area contributed by atoms with Gasteiger partial charge in [0.2, 0.25) is 0 Å². The Morgan fingerprint density at radius 3 is 2.33 bits per heavy atom. The maximum atomic E-state index is 10.8. The third kappa shape index (κ3) is 3.26. The Kier molecular flexibility index (Phi) is 6.85. The summed E-state index contributed by atoms with van der Waals surface area (Å²) < 4.78 is 4.63. The summed E-state index contributed by atoms with van der Waals surface area (Å²) in [5.41, 5.74) is 0. The van der Waals surface area contributed by atoms with Crippen molar-refractivity contribution >= 4 is 23.2 Å². The normalized spacial score (nSPS) is 27.1. The van der Waals surface area contributed by atoms with Crippen LogP contribution >= 0.6 is 12.2 Å². The van der Waals surface area contributed by atoms with Crippen LogP contribution in [0.5, 0.6) is 0 Å². The molecule has 0 bridgehead atoms. The molecule has 1 aliphatic heterocycles. The van der Waals surface area contributed by atoms with Gasteiger partial charge in [0.15, 0.2) is 6.10 Å². The molecule has 0 spiro atoms. The molecule has 4 N–H and O–H groups in total. The van der Waals surface area contributed by atoms with E-state index >= 15 is 0 Å². The molecule has 1 aliphatic rings. The summed E-state index contributed by atoms with van der Waals surface area (Å²) in [6, 6.07) is 0. The first kappa shape index (κ1) is 17.9. The number of aliphatic hydroxyl groups excluding tert-OH is 4. The predicted molar refractivity (Wildman–Crippen MR) is 54.4 cm³/mol. The fourth-order valence-corrected chi connectivity index (χ4v) is 1.43. The minimum atomic E-state index is -2.14. The van der Waals surface area contributed by atoms with E-state index in [4.69, 9.17) is 10.2 Å². The summed E-state index contributed by atoms with van der Waals surface area (Å²) >= 11 is 4.61. The SMILES string of the molecule is CC(=O)O[C@@]1([C@@H](O)[C@H](O)[C@H](O)CO)OOC1=S.[Au]. The van der Waals surface area contributed by atoms with E-state index in [0.29, 0.717) is 0 Å². The number of carbonyl (C=O) groups excluding carboxylic acids is 1. The van der Waals surface area contributed by atoms with Crippen molar-refractivity contribution in [3.8, 4) is 0 Å². The molecule has 1 heterocycles. The topological polar surface area (TPSA) is 126 Å². The molecule has 0 amide bonds. The second kappa shape index (κ2) is 6.89. The number of thiocarbonyl (C=S) groups is 1. The molecular weight excluding hydrogens is 453 g/mol. The molecule has 0 aromatic heterocycles. The van der Waals surface area contributed by atoms with Crippen LogP contribution in [0.15, 0.2) is 0 Å². The second-order valence-corrected chi connectivity index (χ2v) is 3.77. The first-order chi connectivity index (χ1) is 7.85. The molecular formula is C8H12AuO8S. The number of carbonyl (C=O) groups is 1. The molecule has 4 atom stereocenters. The quantitative estimate of drug-likeness (QED) is 0.152. The number of hydrogen-bond donors (Lipinski definition) is 4. The van der Waals surface area contributed by atoms with Crippen molar-refractivity contribution in [2.75, 3.05) is 6.61 Å². The zero-order chi connectivity index (χ0) is 13.2. The average molecular weight is 465 g/mol. The van der Waals surface area contributed by atoms with Crippen molar-refractivity contribution in [2.45, 2.75) is 31.0 Å². The van der Waals surface area contributed by atoms with Gasteiger partial charge in [0.05, 0.1) is 6.61 Å². The van der Waals surface area contributed by atoms with Gasteiger partial charge >= 0.3 is 11.8 Å². The van der Waals surface area contributed by atoms with Gasteiger partial charge in [-0.2, -0.15) is 0 Å². The van der Waals surface area contributed by atoms with Crippen molar-refractivity contribution in [1.29, 1.82) is 0 Å². The fraction of sp³-hybridized carbons (Fsp3) is 0.750. The zero-order valence-corrected chi connectivity index (χ0v) is 12.1. The van der Waals surface area contributed by atoms with Gasteiger partial charge in [-0.05, 0) is 12.2 Å². The molecule has 0 unspecified atom stereocenters. The zero-order valence-electron chi connectivity index (χ0n) is 9.07. The van der Waals surface area contributed by atoms with E-state index in [9.17, 15) is 15.0 Å². The number of esters is 1. The number of aliphatic hydroxyl groups is 4. The van der Waals surface area contributed by atoms with E-state index in [1.54, 1.807) is 0 Å². The molecule has 18 heavy (non-hydrogen) atoms. The van der Waals surface area contributed by atoms with E-state index in [1.165, 1.54) is 0 Å². The van der Waals surface area contributed by atoms with E-state index in [-0.39, 0.29) is 22.4 Å². The Labute approximate surface area is 123 Å². The average Bonchev–Trinajstić information content (AvgIpc) is 2.30. The molecule has 0 aromatic rings. The summed E-state index contributed by atoms with van der Waals surface area (Å²) in [6.07, 6.45) is -5.37. The monoisotopic (exact) mass is 465 g/mol. The fourth-order valence-electron chi connectivity index (χ4n) is 1.20. The van der Waals surface area contributed by atoms with Gasteiger partial charge in [-0.1, -0.05) is 0 Å². The third-order valence-electron chi connectivity index (χ3n) is 2.12. The molecule has 8 nitrogen and oxygen atoms in total. The number of hydrogen-bond acceptors (Lipinski definition) is 9. The molecule has 1 saturated heterocycles. The third-order valence-corrected chi connectivity index (χ3v) is 2.47. The number of ether oxygens (including phenoxy) is 1. The Balaban J connectivity index is 0.00000289. The minimum absolute atomic E-state index is 0. The summed E-state index contributed by atoms with van der Waals surface area (Å²) in [5.74, 6) is -2.98. The van der Waals surface area contributed by atoms with E-state index in [0.717, 1.165) is 6.92 Å². The van der Waals surface area contributed by atoms with Crippen LogP contribution in [0.4, 0.5) is 0 Å². The largest absolute Gasteiger partial charge is 0.418 e. The summed E-state index contributed by atoms with van der Waals surface area (Å²) in [7, 11) is 0. The Bertz CT molecular complexity index is 326. The van der Waals surface area contributed by atoms with E-state index in [2.05, 4.69) is 26.7 Å². The van der Waals surface area contributed by atoms with Crippen LogP contribution in [0.3, 0.4) is 0 Å². The van der Waals surface area contributed by atoms with Gasteiger partial charge in [-0.3, -0.25) is 4.79 Å². The smallest absolute Gasteiger partial charge is 0.354 e. The maximum absolute atomic E-state index is 10.8. The standard InChI is InChI=1S/C8H12O8S.Au/c1-3(10)14-8(7(17)15-16-8)6(13)5(12)4(11)2-9;/h4-6,9,11-13H,2H2,1H3;/t4-,5-,6+,8+;/m1./s1. The maximum Gasteiger partial charge on any atom is 0.354 e. The van der Waals surface area contributed by atoms with Crippen LogP contribution in [0.1, 0.15) is 6.92 Å². The van der Waals surface area contributed by atoms with Crippen LogP contribution in [0, 0.1) is 0 Å². The van der Waals surface area contributed by atoms with Crippen molar-refractivity contribution < 1.29 is 62.1 Å². The number of rotatable bonds is 5. The van der Waals surface area contributed by atoms with Gasteiger partial charge in [0, 0.05) is 29.3 Å². The van der Waals surface area contributed by atoms with Crippen LogP contribution < -0.4 is 0 Å². The summed E-state index contributed by atoms with van der Waals surface area (Å²) in [5, 5.41) is 36.6. The molecule has 0 aliphatic carbocycles. The Hall–Kier alpha value is -0.0997. The van der Waals surface area contributed by atoms with Gasteiger partial charge in [-0.25, -0.2) is 0 Å². The van der Waals surface area contributed by atoms with Gasteiger partial charge < -0.3 is 30.1 Å². The van der Waals surface area contributed by atoms with Crippen molar-refractivity contribution in [3.63, 3.8) is 0 Å².